The molecule has 0 radical (unpaired) electrons. The van der Waals surface area contributed by atoms with Gasteiger partial charge in [0.2, 0.25) is 0 Å². The third-order valence-electron chi connectivity index (χ3n) is 4.25. The van der Waals surface area contributed by atoms with E-state index in [0.29, 0.717) is 6.54 Å². The Morgan fingerprint density at radius 3 is 2.68 bits per heavy atom. The van der Waals surface area contributed by atoms with Crippen molar-refractivity contribution >= 4 is 29.9 Å². The van der Waals surface area contributed by atoms with Gasteiger partial charge in [0, 0.05) is 26.1 Å². The van der Waals surface area contributed by atoms with Crippen molar-refractivity contribution in [1.29, 1.82) is 0 Å². The maximum atomic E-state index is 5.30. The van der Waals surface area contributed by atoms with Gasteiger partial charge in [-0.2, -0.15) is 0 Å². The second kappa shape index (κ2) is 8.66. The second-order valence-corrected chi connectivity index (χ2v) is 6.67. The lowest BCUT2D eigenvalue weighted by molar-refractivity contribution is -0.0972. The van der Waals surface area contributed by atoms with E-state index in [0.717, 1.165) is 42.8 Å². The lowest BCUT2D eigenvalue weighted by Crippen LogP contribution is -2.51. The number of imidazole rings is 1. The quantitative estimate of drug-likeness (QED) is 0.414. The zero-order chi connectivity index (χ0) is 17.0. The second-order valence-electron chi connectivity index (χ2n) is 6.67. The Hall–Kier alpha value is -1.61. The fourth-order valence-electron chi connectivity index (χ4n) is 2.74. The van der Waals surface area contributed by atoms with Gasteiger partial charge in [0.05, 0.1) is 31.6 Å². The van der Waals surface area contributed by atoms with Crippen LogP contribution in [0, 0.1) is 5.41 Å². The third kappa shape index (κ3) is 4.94. The van der Waals surface area contributed by atoms with E-state index < -0.39 is 0 Å². The number of hydrogen-bond donors (Lipinski definition) is 2. The SMILES string of the molecule is CN=C(NCC1(C)COC1)N(C)Cc1ncc(-c2ccccc2)[nH]1.I. The number of nitrogens with one attached hydrogen (secondary N) is 2. The molecule has 1 aliphatic heterocycles. The molecule has 2 N–H and O–H groups in total. The molecule has 6 nitrogen and oxygen atoms in total. The topological polar surface area (TPSA) is 65.5 Å². The number of ether oxygens (including phenoxy) is 1. The molecule has 3 rings (SSSR count). The monoisotopic (exact) mass is 455 g/mol. The van der Waals surface area contributed by atoms with Crippen LogP contribution in [0.5, 0.6) is 0 Å². The summed E-state index contributed by atoms with van der Waals surface area (Å²) in [5.74, 6) is 1.78. The van der Waals surface area contributed by atoms with Crippen LogP contribution in [0.3, 0.4) is 0 Å². The molecule has 0 saturated carbocycles. The number of H-pyrrole nitrogens is 1. The summed E-state index contributed by atoms with van der Waals surface area (Å²) in [5.41, 5.74) is 2.38. The Morgan fingerprint density at radius 1 is 1.36 bits per heavy atom. The lowest BCUT2D eigenvalue weighted by Gasteiger charge is -2.39. The van der Waals surface area contributed by atoms with Gasteiger partial charge in [-0.25, -0.2) is 4.98 Å². The number of benzene rings is 1. The molecule has 2 aromatic rings. The predicted octanol–water partition coefficient (Wildman–Crippen LogP) is 2.74. The Labute approximate surface area is 166 Å². The van der Waals surface area contributed by atoms with Crippen molar-refractivity contribution in [2.45, 2.75) is 13.5 Å². The minimum Gasteiger partial charge on any atom is -0.380 e. The van der Waals surface area contributed by atoms with Gasteiger partial charge in [0.25, 0.3) is 0 Å². The number of halogens is 1. The first kappa shape index (κ1) is 19.7. The van der Waals surface area contributed by atoms with E-state index >= 15 is 0 Å². The van der Waals surface area contributed by atoms with E-state index in [-0.39, 0.29) is 29.4 Å². The summed E-state index contributed by atoms with van der Waals surface area (Å²) < 4.78 is 5.30. The van der Waals surface area contributed by atoms with Crippen molar-refractivity contribution < 1.29 is 4.74 Å². The molecule has 2 heterocycles. The summed E-state index contributed by atoms with van der Waals surface area (Å²) in [7, 11) is 3.82. The van der Waals surface area contributed by atoms with Crippen LogP contribution in [0.1, 0.15) is 12.7 Å². The average Bonchev–Trinajstić information content (AvgIpc) is 3.03. The summed E-state index contributed by atoms with van der Waals surface area (Å²) in [5, 5.41) is 3.42. The van der Waals surface area contributed by atoms with Crippen molar-refractivity contribution in [2.24, 2.45) is 10.4 Å². The molecule has 1 aliphatic rings. The Morgan fingerprint density at radius 2 is 2.08 bits per heavy atom. The van der Waals surface area contributed by atoms with E-state index in [1.165, 1.54) is 0 Å². The number of hydrogen-bond acceptors (Lipinski definition) is 3. The molecular formula is C18H26IN5O. The molecule has 7 heteroatoms. The molecule has 136 valence electrons. The maximum absolute atomic E-state index is 5.30. The molecule has 1 saturated heterocycles. The maximum Gasteiger partial charge on any atom is 0.193 e. The molecule has 1 aromatic heterocycles. The van der Waals surface area contributed by atoms with Crippen LogP contribution in [-0.2, 0) is 11.3 Å². The molecule has 1 aromatic carbocycles. The largest absolute Gasteiger partial charge is 0.380 e. The van der Waals surface area contributed by atoms with Crippen molar-refractivity contribution in [2.75, 3.05) is 33.9 Å². The molecule has 0 amide bonds. The van der Waals surface area contributed by atoms with Crippen molar-refractivity contribution in [3.8, 4) is 11.3 Å². The molecule has 1 fully saturated rings. The van der Waals surface area contributed by atoms with Crippen molar-refractivity contribution in [1.82, 2.24) is 20.2 Å². The van der Waals surface area contributed by atoms with Crippen LogP contribution in [-0.4, -0.2) is 54.7 Å². The smallest absolute Gasteiger partial charge is 0.193 e. The van der Waals surface area contributed by atoms with Crippen LogP contribution in [0.4, 0.5) is 0 Å². The third-order valence-corrected chi connectivity index (χ3v) is 4.25. The highest BCUT2D eigenvalue weighted by atomic mass is 127. The first-order valence-electron chi connectivity index (χ1n) is 8.18. The van der Waals surface area contributed by atoms with E-state index in [4.69, 9.17) is 4.74 Å². The number of aromatic amines is 1. The molecule has 0 atom stereocenters. The van der Waals surface area contributed by atoms with Gasteiger partial charge < -0.3 is 19.9 Å². The minimum absolute atomic E-state index is 0. The summed E-state index contributed by atoms with van der Waals surface area (Å²) in [6.45, 7) is 5.35. The van der Waals surface area contributed by atoms with Crippen LogP contribution in [0.2, 0.25) is 0 Å². The van der Waals surface area contributed by atoms with Gasteiger partial charge in [-0.15, -0.1) is 24.0 Å². The lowest BCUT2D eigenvalue weighted by atomic mass is 9.89. The van der Waals surface area contributed by atoms with Crippen LogP contribution in [0.25, 0.3) is 11.3 Å². The standard InChI is InChI=1S/C18H25N5O.HI/c1-18(12-24-13-18)11-21-17(19-2)23(3)10-16-20-9-15(22-16)14-7-5-4-6-8-14;/h4-9H,10-13H2,1-3H3,(H,19,21)(H,20,22);1H. The number of nitrogens with zero attached hydrogens (tertiary/aromatic N) is 3. The summed E-state index contributed by atoms with van der Waals surface area (Å²) >= 11 is 0. The van der Waals surface area contributed by atoms with Crippen LogP contribution < -0.4 is 5.32 Å². The Kier molecular flexibility index (Phi) is 6.83. The first-order valence-corrected chi connectivity index (χ1v) is 8.18. The van der Waals surface area contributed by atoms with Crippen LogP contribution in [0.15, 0.2) is 41.5 Å². The van der Waals surface area contributed by atoms with Crippen molar-refractivity contribution in [3.63, 3.8) is 0 Å². The number of aliphatic imine (C=N–C) groups is 1. The zero-order valence-electron chi connectivity index (χ0n) is 15.0. The summed E-state index contributed by atoms with van der Waals surface area (Å²) in [4.78, 5) is 14.3. The van der Waals surface area contributed by atoms with Gasteiger partial charge >= 0.3 is 0 Å². The zero-order valence-corrected chi connectivity index (χ0v) is 17.3. The highest BCUT2D eigenvalue weighted by Gasteiger charge is 2.33. The normalized spacial score (nSPS) is 15.9. The van der Waals surface area contributed by atoms with E-state index in [9.17, 15) is 0 Å². The highest BCUT2D eigenvalue weighted by Crippen LogP contribution is 2.25. The first-order chi connectivity index (χ1) is 11.6. The number of aromatic nitrogens is 2. The van der Waals surface area contributed by atoms with Gasteiger partial charge in [-0.05, 0) is 5.56 Å². The van der Waals surface area contributed by atoms with Gasteiger partial charge in [0.15, 0.2) is 5.96 Å². The molecule has 0 spiro atoms. The molecule has 0 bridgehead atoms. The molecule has 25 heavy (non-hydrogen) atoms. The van der Waals surface area contributed by atoms with Crippen LogP contribution >= 0.6 is 24.0 Å². The van der Waals surface area contributed by atoms with Crippen molar-refractivity contribution in [3.05, 3.63) is 42.4 Å². The Balaban J connectivity index is 0.00000225. The summed E-state index contributed by atoms with van der Waals surface area (Å²) in [6.07, 6.45) is 1.88. The Bertz CT molecular complexity index is 697. The van der Waals surface area contributed by atoms with E-state index in [1.54, 1.807) is 7.05 Å². The fraction of sp³-hybridized carbons (Fsp3) is 0.444. The van der Waals surface area contributed by atoms with E-state index in [2.05, 4.69) is 44.2 Å². The number of guanidine groups is 1. The van der Waals surface area contributed by atoms with Gasteiger partial charge in [0.1, 0.15) is 5.82 Å². The highest BCUT2D eigenvalue weighted by molar-refractivity contribution is 14.0. The molecular weight excluding hydrogens is 429 g/mol. The minimum atomic E-state index is 0. The fourth-order valence-corrected chi connectivity index (χ4v) is 2.74. The van der Waals surface area contributed by atoms with Gasteiger partial charge in [-0.3, -0.25) is 4.99 Å². The summed E-state index contributed by atoms with van der Waals surface area (Å²) in [6, 6.07) is 10.2. The van der Waals surface area contributed by atoms with Gasteiger partial charge in [-0.1, -0.05) is 37.3 Å². The average molecular weight is 455 g/mol. The molecule has 0 unspecified atom stereocenters. The molecule has 0 aliphatic carbocycles. The number of rotatable bonds is 5. The predicted molar refractivity (Wildman–Crippen MR) is 111 cm³/mol. The van der Waals surface area contributed by atoms with E-state index in [1.807, 2.05) is 31.4 Å².